The first kappa shape index (κ1) is 12.8. The molecule has 1 fully saturated rings. The first-order valence-corrected chi connectivity index (χ1v) is 7.36. The molecule has 0 bridgehead atoms. The second-order valence-corrected chi connectivity index (χ2v) is 6.40. The summed E-state index contributed by atoms with van der Waals surface area (Å²) < 4.78 is 6.21. The highest BCUT2D eigenvalue weighted by molar-refractivity contribution is 5.55. The van der Waals surface area contributed by atoms with Gasteiger partial charge in [-0.1, -0.05) is 0 Å². The maximum Gasteiger partial charge on any atom is 0.131 e. The van der Waals surface area contributed by atoms with E-state index in [1.54, 1.807) is 0 Å². The van der Waals surface area contributed by atoms with Crippen LogP contribution in [0.2, 0.25) is 0 Å². The number of ether oxygens (including phenoxy) is 1. The van der Waals surface area contributed by atoms with E-state index in [1.165, 1.54) is 17.7 Å². The van der Waals surface area contributed by atoms with Gasteiger partial charge in [-0.3, -0.25) is 4.90 Å². The van der Waals surface area contributed by atoms with E-state index in [0.717, 1.165) is 31.8 Å². The fraction of sp³-hybridized carbons (Fsp3) is 0.625. The lowest BCUT2D eigenvalue weighted by molar-refractivity contribution is -0.0775. The summed E-state index contributed by atoms with van der Waals surface area (Å²) in [6.45, 7) is 9.84. The van der Waals surface area contributed by atoms with E-state index in [0.29, 0.717) is 6.04 Å². The molecule has 0 unspecified atom stereocenters. The van der Waals surface area contributed by atoms with Gasteiger partial charge in [-0.15, -0.1) is 0 Å². The molecule has 2 heterocycles. The number of aryl methyl sites for hydroxylation is 1. The number of fused-ring (bicyclic) bond motifs is 1. The summed E-state index contributed by atoms with van der Waals surface area (Å²) in [5.41, 5.74) is 2.66. The van der Waals surface area contributed by atoms with Gasteiger partial charge in [-0.05, 0) is 57.4 Å². The fourth-order valence-corrected chi connectivity index (χ4v) is 3.04. The van der Waals surface area contributed by atoms with Gasteiger partial charge in [-0.25, -0.2) is 0 Å². The molecule has 2 aliphatic rings. The van der Waals surface area contributed by atoms with Crippen molar-refractivity contribution in [2.24, 2.45) is 0 Å². The van der Waals surface area contributed by atoms with Crippen LogP contribution in [0.1, 0.15) is 32.8 Å². The van der Waals surface area contributed by atoms with Crippen LogP contribution in [0.4, 0.5) is 5.69 Å². The third-order valence-corrected chi connectivity index (χ3v) is 4.18. The Morgan fingerprint density at radius 1 is 1.32 bits per heavy atom. The van der Waals surface area contributed by atoms with Crippen molar-refractivity contribution >= 4 is 5.69 Å². The monoisotopic (exact) mass is 260 g/mol. The highest BCUT2D eigenvalue weighted by atomic mass is 16.5. The molecule has 3 rings (SSSR count). The molecule has 0 atom stereocenters. The Labute approximate surface area is 115 Å². The average molecular weight is 260 g/mol. The van der Waals surface area contributed by atoms with E-state index < -0.39 is 0 Å². The van der Waals surface area contributed by atoms with Crippen LogP contribution >= 0.6 is 0 Å². The fourth-order valence-electron chi connectivity index (χ4n) is 3.04. The summed E-state index contributed by atoms with van der Waals surface area (Å²) in [5.74, 6) is 1.02. The third kappa shape index (κ3) is 2.57. The van der Waals surface area contributed by atoms with Crippen molar-refractivity contribution in [3.8, 4) is 5.75 Å². The van der Waals surface area contributed by atoms with Gasteiger partial charge in [0.2, 0.25) is 0 Å². The van der Waals surface area contributed by atoms with Crippen LogP contribution in [0.5, 0.6) is 5.75 Å². The van der Waals surface area contributed by atoms with Crippen molar-refractivity contribution in [1.82, 2.24) is 4.90 Å². The number of nitrogens with zero attached hydrogens (tertiary/aromatic N) is 1. The number of hydrogen-bond acceptors (Lipinski definition) is 3. The summed E-state index contributed by atoms with van der Waals surface area (Å²) in [6.07, 6.45) is 2.38. The molecule has 0 saturated carbocycles. The van der Waals surface area contributed by atoms with Gasteiger partial charge in [0, 0.05) is 31.4 Å². The lowest BCUT2D eigenvalue weighted by atomic mass is 9.94. The minimum atomic E-state index is -0.0133. The minimum Gasteiger partial charge on any atom is -0.485 e. The predicted octanol–water partition coefficient (Wildman–Crippen LogP) is 2.91. The third-order valence-electron chi connectivity index (χ3n) is 4.18. The Kier molecular flexibility index (Phi) is 3.17. The molecule has 3 heteroatoms. The van der Waals surface area contributed by atoms with Crippen LogP contribution in [0.15, 0.2) is 18.2 Å². The van der Waals surface area contributed by atoms with E-state index in [4.69, 9.17) is 4.74 Å². The Hall–Kier alpha value is -1.22. The van der Waals surface area contributed by atoms with Crippen molar-refractivity contribution in [2.75, 3.05) is 25.0 Å². The molecule has 1 aromatic carbocycles. The molecule has 0 radical (unpaired) electrons. The molecular weight excluding hydrogens is 236 g/mol. The molecule has 1 aromatic rings. The van der Waals surface area contributed by atoms with Crippen molar-refractivity contribution in [3.05, 3.63) is 23.8 Å². The van der Waals surface area contributed by atoms with Crippen LogP contribution < -0.4 is 10.1 Å². The van der Waals surface area contributed by atoms with Crippen LogP contribution in [0, 0.1) is 0 Å². The Bertz CT molecular complexity index is 464. The number of hydrogen-bond donors (Lipinski definition) is 1. The van der Waals surface area contributed by atoms with Crippen molar-refractivity contribution in [3.63, 3.8) is 0 Å². The van der Waals surface area contributed by atoms with Gasteiger partial charge in [0.25, 0.3) is 0 Å². The Morgan fingerprint density at radius 2 is 2.11 bits per heavy atom. The first-order valence-electron chi connectivity index (χ1n) is 7.36. The van der Waals surface area contributed by atoms with E-state index >= 15 is 0 Å². The van der Waals surface area contributed by atoms with Crippen molar-refractivity contribution < 1.29 is 4.74 Å². The van der Waals surface area contributed by atoms with Gasteiger partial charge < -0.3 is 10.1 Å². The SMILES string of the molecule is CC(C)N1CC(C)(Oc2ccc3c(c2)CCCN3)C1. The zero-order chi connectivity index (χ0) is 13.5. The summed E-state index contributed by atoms with van der Waals surface area (Å²) in [4.78, 5) is 2.44. The smallest absolute Gasteiger partial charge is 0.131 e. The summed E-state index contributed by atoms with van der Waals surface area (Å²) in [6, 6.07) is 7.08. The molecular formula is C16H24N2O. The number of likely N-dealkylation sites (tertiary alicyclic amines) is 1. The van der Waals surface area contributed by atoms with Gasteiger partial charge in [0.05, 0.1) is 0 Å². The van der Waals surface area contributed by atoms with Gasteiger partial charge in [0.15, 0.2) is 0 Å². The molecule has 1 saturated heterocycles. The molecule has 0 aliphatic carbocycles. The number of benzene rings is 1. The highest BCUT2D eigenvalue weighted by Crippen LogP contribution is 2.32. The lowest BCUT2D eigenvalue weighted by Crippen LogP contribution is -2.64. The maximum absolute atomic E-state index is 6.21. The van der Waals surface area contributed by atoms with E-state index in [2.05, 4.69) is 49.2 Å². The van der Waals surface area contributed by atoms with Crippen LogP contribution in [-0.4, -0.2) is 36.2 Å². The highest BCUT2D eigenvalue weighted by Gasteiger charge is 2.41. The molecule has 0 amide bonds. The Morgan fingerprint density at radius 3 is 2.84 bits per heavy atom. The zero-order valence-electron chi connectivity index (χ0n) is 12.2. The molecule has 2 aliphatic heterocycles. The predicted molar refractivity (Wildman–Crippen MR) is 79.0 cm³/mol. The van der Waals surface area contributed by atoms with Crippen LogP contribution in [-0.2, 0) is 6.42 Å². The van der Waals surface area contributed by atoms with Crippen LogP contribution in [0.3, 0.4) is 0 Å². The van der Waals surface area contributed by atoms with Crippen molar-refractivity contribution in [2.45, 2.75) is 45.3 Å². The number of anilines is 1. The van der Waals surface area contributed by atoms with Crippen molar-refractivity contribution in [1.29, 1.82) is 0 Å². The molecule has 104 valence electrons. The quantitative estimate of drug-likeness (QED) is 0.904. The summed E-state index contributed by atoms with van der Waals surface area (Å²) in [7, 11) is 0. The van der Waals surface area contributed by atoms with Gasteiger partial charge in [-0.2, -0.15) is 0 Å². The van der Waals surface area contributed by atoms with Crippen LogP contribution in [0.25, 0.3) is 0 Å². The zero-order valence-corrected chi connectivity index (χ0v) is 12.2. The van der Waals surface area contributed by atoms with Gasteiger partial charge in [0.1, 0.15) is 11.4 Å². The summed E-state index contributed by atoms with van der Waals surface area (Å²) in [5, 5.41) is 3.44. The normalized spacial score (nSPS) is 21.5. The first-order chi connectivity index (χ1) is 9.06. The Balaban J connectivity index is 1.67. The molecule has 0 spiro atoms. The van der Waals surface area contributed by atoms with E-state index in [-0.39, 0.29) is 5.60 Å². The largest absolute Gasteiger partial charge is 0.485 e. The minimum absolute atomic E-state index is 0.0133. The topological polar surface area (TPSA) is 24.5 Å². The van der Waals surface area contributed by atoms with Gasteiger partial charge >= 0.3 is 0 Å². The standard InChI is InChI=1S/C16H24N2O/c1-12(2)18-10-16(3,11-18)19-14-6-7-15-13(9-14)5-4-8-17-15/h6-7,9,12,17H,4-5,8,10-11H2,1-3H3. The second kappa shape index (κ2) is 4.71. The molecule has 0 aromatic heterocycles. The second-order valence-electron chi connectivity index (χ2n) is 6.40. The van der Waals surface area contributed by atoms with E-state index in [9.17, 15) is 0 Å². The number of nitrogens with one attached hydrogen (secondary N) is 1. The number of rotatable bonds is 3. The molecule has 19 heavy (non-hydrogen) atoms. The lowest BCUT2D eigenvalue weighted by Gasteiger charge is -2.49. The summed E-state index contributed by atoms with van der Waals surface area (Å²) >= 11 is 0. The van der Waals surface area contributed by atoms with E-state index in [1.807, 2.05) is 0 Å². The average Bonchev–Trinajstić information content (AvgIpc) is 2.35. The molecule has 1 N–H and O–H groups in total. The molecule has 3 nitrogen and oxygen atoms in total. The maximum atomic E-state index is 6.21.